The average molecular weight is 337 g/mol. The van der Waals surface area contributed by atoms with Gasteiger partial charge in [-0.05, 0) is 18.6 Å². The molecule has 1 N–H and O–H groups in total. The number of carboxylic acid groups (broad SMARTS) is 1. The summed E-state index contributed by atoms with van der Waals surface area (Å²) in [5.41, 5.74) is 0.744. The molecule has 0 aromatic heterocycles. The van der Waals surface area contributed by atoms with E-state index < -0.39 is 12.0 Å². The normalized spacial score (nSPS) is 17.9. The van der Waals surface area contributed by atoms with E-state index in [-0.39, 0.29) is 10.2 Å². The number of aliphatic carboxylic acids is 1. The number of benzene rings is 1. The summed E-state index contributed by atoms with van der Waals surface area (Å²) >= 11 is 6.27. The van der Waals surface area contributed by atoms with Gasteiger partial charge in [-0.2, -0.15) is 0 Å². The molecular weight excluding hydrogens is 322 g/mol. The van der Waals surface area contributed by atoms with Crippen LogP contribution in [0.3, 0.4) is 0 Å². The maximum absolute atomic E-state index is 12.5. The lowest BCUT2D eigenvalue weighted by Crippen LogP contribution is -2.43. The molecule has 7 heteroatoms. The van der Waals surface area contributed by atoms with Crippen LogP contribution in [0.4, 0.5) is 0 Å². The van der Waals surface area contributed by atoms with Gasteiger partial charge < -0.3 is 9.84 Å². The molecule has 1 aliphatic heterocycles. The van der Waals surface area contributed by atoms with E-state index in [1.807, 2.05) is 18.2 Å². The second-order valence-corrected chi connectivity index (χ2v) is 6.23. The number of carboxylic acids is 1. The van der Waals surface area contributed by atoms with E-state index in [1.54, 1.807) is 26.2 Å². The Bertz CT molecular complexity index is 657. The Kier molecular flexibility index (Phi) is 5.20. The van der Waals surface area contributed by atoms with Gasteiger partial charge in [-0.3, -0.25) is 9.69 Å². The number of hydrogen-bond acceptors (Lipinski definition) is 5. The van der Waals surface area contributed by atoms with Crippen molar-refractivity contribution in [1.82, 2.24) is 4.90 Å². The van der Waals surface area contributed by atoms with Crippen molar-refractivity contribution in [2.75, 3.05) is 7.11 Å². The van der Waals surface area contributed by atoms with Crippen LogP contribution < -0.4 is 4.74 Å². The first-order valence-electron chi connectivity index (χ1n) is 6.62. The molecule has 1 aromatic carbocycles. The van der Waals surface area contributed by atoms with E-state index in [2.05, 4.69) is 0 Å². The number of methoxy groups -OCH3 is 1. The number of para-hydroxylation sites is 1. The molecule has 0 spiro atoms. The van der Waals surface area contributed by atoms with Gasteiger partial charge in [0.1, 0.15) is 16.1 Å². The lowest BCUT2D eigenvalue weighted by Gasteiger charge is -2.21. The number of thiocarbonyl (C=S) groups is 1. The Morgan fingerprint density at radius 1 is 1.50 bits per heavy atom. The van der Waals surface area contributed by atoms with Crippen LogP contribution in [-0.2, 0) is 9.59 Å². The number of thioether (sulfide) groups is 1. The maximum Gasteiger partial charge on any atom is 0.326 e. The van der Waals surface area contributed by atoms with Crippen LogP contribution in [0.2, 0.25) is 0 Å². The molecule has 1 aliphatic rings. The first-order chi connectivity index (χ1) is 10.5. The van der Waals surface area contributed by atoms with Gasteiger partial charge in [0.2, 0.25) is 0 Å². The van der Waals surface area contributed by atoms with Crippen LogP contribution >= 0.6 is 24.0 Å². The van der Waals surface area contributed by atoms with Gasteiger partial charge >= 0.3 is 5.97 Å². The van der Waals surface area contributed by atoms with Crippen LogP contribution in [0, 0.1) is 0 Å². The largest absolute Gasteiger partial charge is 0.496 e. The maximum atomic E-state index is 12.5. The van der Waals surface area contributed by atoms with Crippen molar-refractivity contribution in [3.05, 3.63) is 34.7 Å². The number of ether oxygens (including phenoxy) is 1. The predicted molar refractivity (Wildman–Crippen MR) is 89.7 cm³/mol. The summed E-state index contributed by atoms with van der Waals surface area (Å²) in [6.07, 6.45) is 1.97. The first kappa shape index (κ1) is 16.5. The molecular formula is C15H15NO4S2. The summed E-state index contributed by atoms with van der Waals surface area (Å²) in [4.78, 5) is 25.3. The minimum atomic E-state index is -1.06. The molecule has 1 heterocycles. The van der Waals surface area contributed by atoms with Crippen LogP contribution in [0.5, 0.6) is 5.75 Å². The number of amides is 1. The molecule has 1 unspecified atom stereocenters. The Balaban J connectivity index is 2.35. The number of rotatable bonds is 5. The molecule has 5 nitrogen and oxygen atoms in total. The van der Waals surface area contributed by atoms with Crippen molar-refractivity contribution < 1.29 is 19.4 Å². The molecule has 1 amide bonds. The Labute approximate surface area is 137 Å². The highest BCUT2D eigenvalue weighted by atomic mass is 32.2. The van der Waals surface area contributed by atoms with Gasteiger partial charge in [0.05, 0.1) is 12.0 Å². The molecule has 116 valence electrons. The minimum absolute atomic E-state index is 0.264. The summed E-state index contributed by atoms with van der Waals surface area (Å²) < 4.78 is 5.51. The zero-order valence-electron chi connectivity index (χ0n) is 12.1. The average Bonchev–Trinajstić information content (AvgIpc) is 2.76. The molecule has 1 aromatic rings. The zero-order valence-corrected chi connectivity index (χ0v) is 13.7. The molecule has 1 atom stereocenters. The van der Waals surface area contributed by atoms with E-state index >= 15 is 0 Å². The smallest absolute Gasteiger partial charge is 0.326 e. The fourth-order valence-corrected chi connectivity index (χ4v) is 3.49. The highest BCUT2D eigenvalue weighted by Crippen LogP contribution is 2.35. The summed E-state index contributed by atoms with van der Waals surface area (Å²) in [7, 11) is 1.55. The lowest BCUT2D eigenvalue weighted by atomic mass is 10.1. The van der Waals surface area contributed by atoms with Crippen LogP contribution in [0.15, 0.2) is 29.2 Å². The van der Waals surface area contributed by atoms with Crippen molar-refractivity contribution in [3.8, 4) is 5.75 Å². The third kappa shape index (κ3) is 3.15. The van der Waals surface area contributed by atoms with E-state index in [9.17, 15) is 14.7 Å². The first-order valence-corrected chi connectivity index (χ1v) is 7.85. The molecule has 0 radical (unpaired) electrons. The summed E-state index contributed by atoms with van der Waals surface area (Å²) in [6, 6.07) is 6.34. The molecule has 0 bridgehead atoms. The molecule has 22 heavy (non-hydrogen) atoms. The second kappa shape index (κ2) is 6.93. The van der Waals surface area contributed by atoms with Crippen molar-refractivity contribution >= 4 is 46.3 Å². The van der Waals surface area contributed by atoms with Gasteiger partial charge in [-0.25, -0.2) is 4.79 Å². The number of nitrogens with zero attached hydrogens (tertiary/aromatic N) is 1. The molecule has 1 saturated heterocycles. The van der Waals surface area contributed by atoms with E-state index in [4.69, 9.17) is 17.0 Å². The second-order valence-electron chi connectivity index (χ2n) is 4.56. The Morgan fingerprint density at radius 3 is 2.77 bits per heavy atom. The summed E-state index contributed by atoms with van der Waals surface area (Å²) in [5, 5.41) is 9.23. The van der Waals surface area contributed by atoms with Gasteiger partial charge in [0.25, 0.3) is 5.91 Å². The molecule has 1 fully saturated rings. The lowest BCUT2D eigenvalue weighted by molar-refractivity contribution is -0.145. The monoisotopic (exact) mass is 337 g/mol. The van der Waals surface area contributed by atoms with Crippen molar-refractivity contribution in [1.29, 1.82) is 0 Å². The highest BCUT2D eigenvalue weighted by molar-refractivity contribution is 8.26. The van der Waals surface area contributed by atoms with E-state index in [0.717, 1.165) is 17.3 Å². The third-order valence-corrected chi connectivity index (χ3v) is 4.56. The zero-order chi connectivity index (χ0) is 16.3. The van der Waals surface area contributed by atoms with Crippen LogP contribution in [0.1, 0.15) is 18.9 Å². The SMILES string of the molecule is CCC(C(=O)O)N1C(=O)/C(=C/c2ccccc2OC)SC1=S. The fraction of sp³-hybridized carbons (Fsp3) is 0.267. The number of hydrogen-bond donors (Lipinski definition) is 1. The van der Waals surface area contributed by atoms with Crippen LogP contribution in [-0.4, -0.2) is 39.4 Å². The topological polar surface area (TPSA) is 66.8 Å². The molecule has 0 saturated carbocycles. The van der Waals surface area contributed by atoms with Gasteiger partial charge in [0, 0.05) is 5.56 Å². The van der Waals surface area contributed by atoms with Gasteiger partial charge in [-0.15, -0.1) is 0 Å². The van der Waals surface area contributed by atoms with E-state index in [0.29, 0.717) is 17.1 Å². The quantitative estimate of drug-likeness (QED) is 0.658. The minimum Gasteiger partial charge on any atom is -0.496 e. The fourth-order valence-electron chi connectivity index (χ4n) is 2.14. The highest BCUT2D eigenvalue weighted by Gasteiger charge is 2.39. The summed E-state index contributed by atoms with van der Waals surface area (Å²) in [6.45, 7) is 1.71. The van der Waals surface area contributed by atoms with Gasteiger partial charge in [-0.1, -0.05) is 49.1 Å². The van der Waals surface area contributed by atoms with Crippen molar-refractivity contribution in [2.45, 2.75) is 19.4 Å². The number of carbonyl (C=O) groups excluding carboxylic acids is 1. The Hall–Kier alpha value is -1.86. The molecule has 0 aliphatic carbocycles. The van der Waals surface area contributed by atoms with Gasteiger partial charge in [0.15, 0.2) is 0 Å². The van der Waals surface area contributed by atoms with E-state index in [1.165, 1.54) is 4.90 Å². The predicted octanol–water partition coefficient (Wildman–Crippen LogP) is 2.76. The van der Waals surface area contributed by atoms with Crippen molar-refractivity contribution in [3.63, 3.8) is 0 Å². The third-order valence-electron chi connectivity index (χ3n) is 3.23. The van der Waals surface area contributed by atoms with Crippen LogP contribution in [0.25, 0.3) is 6.08 Å². The standard InChI is InChI=1S/C15H15NO4S2/c1-3-10(14(18)19)16-13(17)12(22-15(16)21)8-9-6-4-5-7-11(9)20-2/h4-8,10H,3H2,1-2H3,(H,18,19)/b12-8-. The summed E-state index contributed by atoms with van der Waals surface area (Å²) in [5.74, 6) is -0.800. The Morgan fingerprint density at radius 2 is 2.18 bits per heavy atom. The number of carbonyl (C=O) groups is 2. The molecule has 2 rings (SSSR count). The van der Waals surface area contributed by atoms with Crippen molar-refractivity contribution in [2.24, 2.45) is 0 Å².